The molecule has 0 bridgehead atoms. The van der Waals surface area contributed by atoms with Crippen molar-refractivity contribution in [1.29, 1.82) is 0 Å². The molecule has 0 aliphatic carbocycles. The smallest absolute Gasteiger partial charge is 0.254 e. The van der Waals surface area contributed by atoms with Crippen molar-refractivity contribution in [3.05, 3.63) is 59.2 Å². The Bertz CT molecular complexity index is 904. The highest BCUT2D eigenvalue weighted by Gasteiger charge is 2.16. The Hall–Kier alpha value is -3.16. The van der Waals surface area contributed by atoms with E-state index in [9.17, 15) is 18.4 Å². The molecule has 29 heavy (non-hydrogen) atoms. The summed E-state index contributed by atoms with van der Waals surface area (Å²) in [5.74, 6) is -1.14. The zero-order valence-electron chi connectivity index (χ0n) is 16.0. The molecule has 0 saturated carbocycles. The molecule has 3 rings (SSSR count). The standard InChI is InChI=1S/C21H22F2N2O4/c1-13(14-4-7-18-19(11-14)29-10-9-28-18)25-20(26)3-2-8-24-21(27)16-6-5-15(22)12-17(16)23/h4-7,11-13H,2-3,8-10H2,1H3,(H,24,27)(H,25,26)/t13-/m1/s1. The van der Waals surface area contributed by atoms with Gasteiger partial charge in [-0.3, -0.25) is 9.59 Å². The number of nitrogens with one attached hydrogen (secondary N) is 2. The molecule has 1 aliphatic heterocycles. The second kappa shape index (κ2) is 9.36. The lowest BCUT2D eigenvalue weighted by atomic mass is 10.1. The fourth-order valence-electron chi connectivity index (χ4n) is 2.95. The Labute approximate surface area is 167 Å². The van der Waals surface area contributed by atoms with Gasteiger partial charge in [-0.1, -0.05) is 6.07 Å². The van der Waals surface area contributed by atoms with E-state index in [0.717, 1.165) is 17.7 Å². The maximum atomic E-state index is 13.6. The lowest BCUT2D eigenvalue weighted by Crippen LogP contribution is -2.29. The van der Waals surface area contributed by atoms with Gasteiger partial charge in [0, 0.05) is 19.0 Å². The molecule has 6 nitrogen and oxygen atoms in total. The summed E-state index contributed by atoms with van der Waals surface area (Å²) in [6.07, 6.45) is 0.579. The minimum Gasteiger partial charge on any atom is -0.486 e. The van der Waals surface area contributed by atoms with Gasteiger partial charge in [-0.25, -0.2) is 8.78 Å². The first-order chi connectivity index (χ1) is 13.9. The summed E-state index contributed by atoms with van der Waals surface area (Å²) in [7, 11) is 0. The number of carbonyl (C=O) groups is 2. The lowest BCUT2D eigenvalue weighted by molar-refractivity contribution is -0.121. The molecule has 8 heteroatoms. The first-order valence-corrected chi connectivity index (χ1v) is 9.36. The van der Waals surface area contributed by atoms with Crippen LogP contribution >= 0.6 is 0 Å². The quantitative estimate of drug-likeness (QED) is 0.696. The van der Waals surface area contributed by atoms with Crippen LogP contribution in [0.25, 0.3) is 0 Å². The van der Waals surface area contributed by atoms with E-state index < -0.39 is 17.5 Å². The van der Waals surface area contributed by atoms with Gasteiger partial charge < -0.3 is 20.1 Å². The third-order valence-corrected chi connectivity index (χ3v) is 4.49. The number of amides is 2. The Balaban J connectivity index is 1.42. The summed E-state index contributed by atoms with van der Waals surface area (Å²) < 4.78 is 37.5. The largest absolute Gasteiger partial charge is 0.486 e. The predicted molar refractivity (Wildman–Crippen MR) is 102 cm³/mol. The Morgan fingerprint density at radius 1 is 1.07 bits per heavy atom. The van der Waals surface area contributed by atoms with Crippen LogP contribution in [0.5, 0.6) is 11.5 Å². The summed E-state index contributed by atoms with van der Waals surface area (Å²) in [6, 6.07) is 8.07. The molecule has 1 atom stereocenters. The highest BCUT2D eigenvalue weighted by atomic mass is 19.1. The van der Waals surface area contributed by atoms with E-state index in [1.165, 1.54) is 0 Å². The van der Waals surface area contributed by atoms with Gasteiger partial charge in [0.05, 0.1) is 11.6 Å². The molecule has 0 unspecified atom stereocenters. The molecule has 2 aromatic rings. The number of halogens is 2. The Morgan fingerprint density at radius 3 is 2.59 bits per heavy atom. The molecule has 1 aliphatic rings. The molecule has 2 aromatic carbocycles. The van der Waals surface area contributed by atoms with Gasteiger partial charge in [0.15, 0.2) is 11.5 Å². The van der Waals surface area contributed by atoms with Crippen molar-refractivity contribution in [3.8, 4) is 11.5 Å². The summed E-state index contributed by atoms with van der Waals surface area (Å²) in [4.78, 5) is 24.0. The van der Waals surface area contributed by atoms with Crippen LogP contribution in [0, 0.1) is 11.6 Å². The van der Waals surface area contributed by atoms with E-state index in [4.69, 9.17) is 9.47 Å². The van der Waals surface area contributed by atoms with Gasteiger partial charge in [-0.05, 0) is 43.2 Å². The number of ether oxygens (including phenoxy) is 2. The molecule has 1 heterocycles. The zero-order valence-corrected chi connectivity index (χ0v) is 16.0. The van der Waals surface area contributed by atoms with E-state index >= 15 is 0 Å². The van der Waals surface area contributed by atoms with Crippen LogP contribution in [-0.2, 0) is 4.79 Å². The fourth-order valence-corrected chi connectivity index (χ4v) is 2.95. The summed E-state index contributed by atoms with van der Waals surface area (Å²) in [5, 5.41) is 5.41. The van der Waals surface area contributed by atoms with Gasteiger partial charge in [-0.15, -0.1) is 0 Å². The van der Waals surface area contributed by atoms with Gasteiger partial charge in [-0.2, -0.15) is 0 Å². The Morgan fingerprint density at radius 2 is 1.83 bits per heavy atom. The maximum absolute atomic E-state index is 13.6. The molecular formula is C21H22F2N2O4. The fraction of sp³-hybridized carbons (Fsp3) is 0.333. The second-order valence-electron chi connectivity index (χ2n) is 6.68. The third kappa shape index (κ3) is 5.43. The molecule has 0 spiro atoms. The normalized spacial score (nSPS) is 13.5. The topological polar surface area (TPSA) is 76.7 Å². The average molecular weight is 404 g/mol. The van der Waals surface area contributed by atoms with Crippen LogP contribution in [0.15, 0.2) is 36.4 Å². The van der Waals surface area contributed by atoms with Crippen molar-refractivity contribution < 1.29 is 27.8 Å². The van der Waals surface area contributed by atoms with E-state index in [2.05, 4.69) is 10.6 Å². The third-order valence-electron chi connectivity index (χ3n) is 4.49. The number of hydrogen-bond donors (Lipinski definition) is 2. The second-order valence-corrected chi connectivity index (χ2v) is 6.68. The number of rotatable bonds is 7. The van der Waals surface area contributed by atoms with Gasteiger partial charge in [0.25, 0.3) is 5.91 Å². The highest BCUT2D eigenvalue weighted by Crippen LogP contribution is 2.32. The van der Waals surface area contributed by atoms with E-state index in [-0.39, 0.29) is 30.5 Å². The summed E-state index contributed by atoms with van der Waals surface area (Å²) in [5.41, 5.74) is 0.658. The summed E-state index contributed by atoms with van der Waals surface area (Å²) >= 11 is 0. The van der Waals surface area contributed by atoms with Crippen molar-refractivity contribution in [2.45, 2.75) is 25.8 Å². The number of carbonyl (C=O) groups excluding carboxylic acids is 2. The molecule has 154 valence electrons. The predicted octanol–water partition coefficient (Wildman–Crippen LogP) is 3.12. The van der Waals surface area contributed by atoms with Crippen molar-refractivity contribution in [2.75, 3.05) is 19.8 Å². The van der Waals surface area contributed by atoms with Gasteiger partial charge in [0.2, 0.25) is 5.91 Å². The lowest BCUT2D eigenvalue weighted by Gasteiger charge is -2.21. The molecule has 0 saturated heterocycles. The Kier molecular flexibility index (Phi) is 6.64. The van der Waals surface area contributed by atoms with Crippen molar-refractivity contribution >= 4 is 11.8 Å². The molecule has 0 fully saturated rings. The number of hydrogen-bond acceptors (Lipinski definition) is 4. The van der Waals surface area contributed by atoms with Gasteiger partial charge >= 0.3 is 0 Å². The summed E-state index contributed by atoms with van der Waals surface area (Å²) in [6.45, 7) is 3.07. The van der Waals surface area contributed by atoms with E-state index in [1.807, 2.05) is 25.1 Å². The van der Waals surface area contributed by atoms with Crippen LogP contribution < -0.4 is 20.1 Å². The maximum Gasteiger partial charge on any atom is 0.254 e. The SMILES string of the molecule is C[C@@H](NC(=O)CCCNC(=O)c1ccc(F)cc1F)c1ccc2c(c1)OCCO2. The van der Waals surface area contributed by atoms with Crippen LogP contribution in [0.2, 0.25) is 0 Å². The van der Waals surface area contributed by atoms with Crippen molar-refractivity contribution in [1.82, 2.24) is 10.6 Å². The van der Waals surface area contributed by atoms with E-state index in [0.29, 0.717) is 37.2 Å². The molecule has 2 amide bonds. The molecule has 0 radical (unpaired) electrons. The van der Waals surface area contributed by atoms with Crippen molar-refractivity contribution in [3.63, 3.8) is 0 Å². The van der Waals surface area contributed by atoms with Gasteiger partial charge in [0.1, 0.15) is 24.8 Å². The number of fused-ring (bicyclic) bond motifs is 1. The van der Waals surface area contributed by atoms with Crippen LogP contribution in [-0.4, -0.2) is 31.6 Å². The first kappa shape index (κ1) is 20.6. The van der Waals surface area contributed by atoms with Crippen molar-refractivity contribution in [2.24, 2.45) is 0 Å². The molecular weight excluding hydrogens is 382 g/mol. The zero-order chi connectivity index (χ0) is 20.8. The van der Waals surface area contributed by atoms with E-state index in [1.54, 1.807) is 0 Å². The molecule has 2 N–H and O–H groups in total. The highest BCUT2D eigenvalue weighted by molar-refractivity contribution is 5.94. The minimum atomic E-state index is -0.923. The van der Waals surface area contributed by atoms with Crippen LogP contribution in [0.1, 0.15) is 41.7 Å². The van der Waals surface area contributed by atoms with Crippen LogP contribution in [0.3, 0.4) is 0 Å². The minimum absolute atomic E-state index is 0.172. The molecule has 0 aromatic heterocycles. The first-order valence-electron chi connectivity index (χ1n) is 9.36. The average Bonchev–Trinajstić information content (AvgIpc) is 2.70. The number of benzene rings is 2. The monoisotopic (exact) mass is 404 g/mol. The van der Waals surface area contributed by atoms with Crippen LogP contribution in [0.4, 0.5) is 8.78 Å².